The Bertz CT molecular complexity index is 341. The number of hydrogen-bond acceptors (Lipinski definition) is 1. The minimum atomic E-state index is 0.833. The van der Waals surface area contributed by atoms with Crippen LogP contribution in [0.1, 0.15) is 55.6 Å². The number of rotatable bonds is 6. The van der Waals surface area contributed by atoms with Crippen molar-refractivity contribution >= 4 is 0 Å². The minimum absolute atomic E-state index is 0.833. The summed E-state index contributed by atoms with van der Waals surface area (Å²) in [7, 11) is 2.04. The van der Waals surface area contributed by atoms with Crippen molar-refractivity contribution in [2.75, 3.05) is 13.6 Å². The Morgan fingerprint density at radius 3 is 2.61 bits per heavy atom. The maximum atomic E-state index is 3.23. The van der Waals surface area contributed by atoms with Gasteiger partial charge in [0.25, 0.3) is 0 Å². The first-order valence-corrected chi connectivity index (χ1v) is 7.50. The molecule has 2 unspecified atom stereocenters. The van der Waals surface area contributed by atoms with Crippen LogP contribution in [-0.2, 0) is 0 Å². The quantitative estimate of drug-likeness (QED) is 0.738. The second-order valence-corrected chi connectivity index (χ2v) is 5.89. The first-order valence-electron chi connectivity index (χ1n) is 7.50. The summed E-state index contributed by atoms with van der Waals surface area (Å²) < 4.78 is 0. The predicted molar refractivity (Wildman–Crippen MR) is 79.0 cm³/mol. The van der Waals surface area contributed by atoms with Crippen LogP contribution in [0, 0.1) is 12.8 Å². The first kappa shape index (κ1) is 13.6. The average Bonchev–Trinajstić information content (AvgIpc) is 2.84. The van der Waals surface area contributed by atoms with Crippen LogP contribution >= 0.6 is 0 Å². The van der Waals surface area contributed by atoms with Gasteiger partial charge in [0.2, 0.25) is 0 Å². The van der Waals surface area contributed by atoms with E-state index in [4.69, 9.17) is 0 Å². The highest BCUT2D eigenvalue weighted by Gasteiger charge is 2.25. The molecule has 1 aliphatic rings. The number of unbranched alkanes of at least 4 members (excludes halogenated alkanes) is 1. The molecule has 0 saturated heterocycles. The van der Waals surface area contributed by atoms with E-state index in [2.05, 4.69) is 36.5 Å². The molecule has 1 fully saturated rings. The maximum absolute atomic E-state index is 3.23. The van der Waals surface area contributed by atoms with Crippen molar-refractivity contribution < 1.29 is 0 Å². The molecule has 1 nitrogen and oxygen atoms in total. The fourth-order valence-electron chi connectivity index (χ4n) is 3.21. The fourth-order valence-corrected chi connectivity index (χ4v) is 3.21. The van der Waals surface area contributed by atoms with Gasteiger partial charge in [0, 0.05) is 0 Å². The van der Waals surface area contributed by atoms with Gasteiger partial charge in [-0.1, -0.05) is 42.7 Å². The summed E-state index contributed by atoms with van der Waals surface area (Å²) in [6.07, 6.45) is 8.43. The molecule has 1 saturated carbocycles. The molecule has 2 atom stereocenters. The van der Waals surface area contributed by atoms with E-state index < -0.39 is 0 Å². The minimum Gasteiger partial charge on any atom is -0.320 e. The van der Waals surface area contributed by atoms with Gasteiger partial charge in [0.05, 0.1) is 0 Å². The lowest BCUT2D eigenvalue weighted by molar-refractivity contribution is 0.464. The van der Waals surface area contributed by atoms with Gasteiger partial charge in [-0.3, -0.25) is 0 Å². The standard InChI is InChI=1S/C17H27N/c1-14-6-9-16(10-7-14)17-11-8-15(13-17)5-3-4-12-18-2/h6-7,9-10,15,17-18H,3-5,8,11-13H2,1-2H3. The number of hydrogen-bond donors (Lipinski definition) is 1. The second kappa shape index (κ2) is 6.94. The zero-order valence-corrected chi connectivity index (χ0v) is 11.9. The average molecular weight is 245 g/mol. The summed E-state index contributed by atoms with van der Waals surface area (Å²) in [6, 6.07) is 9.19. The van der Waals surface area contributed by atoms with Crippen molar-refractivity contribution in [3.05, 3.63) is 35.4 Å². The first-order chi connectivity index (χ1) is 8.79. The van der Waals surface area contributed by atoms with Crippen LogP contribution in [0.25, 0.3) is 0 Å². The molecule has 0 spiro atoms. The Labute approximate surface area is 112 Å². The molecule has 0 bridgehead atoms. The number of nitrogens with one attached hydrogen (secondary N) is 1. The molecule has 1 N–H and O–H groups in total. The van der Waals surface area contributed by atoms with E-state index >= 15 is 0 Å². The van der Waals surface area contributed by atoms with Crippen molar-refractivity contribution in [3.63, 3.8) is 0 Å². The van der Waals surface area contributed by atoms with Gasteiger partial charge < -0.3 is 5.32 Å². The van der Waals surface area contributed by atoms with E-state index in [1.54, 1.807) is 5.56 Å². The summed E-state index contributed by atoms with van der Waals surface area (Å²) in [6.45, 7) is 3.34. The van der Waals surface area contributed by atoms with Gasteiger partial charge >= 0.3 is 0 Å². The van der Waals surface area contributed by atoms with Crippen LogP contribution < -0.4 is 5.32 Å². The molecule has 1 aliphatic carbocycles. The number of aryl methyl sites for hydroxylation is 1. The molecular formula is C17H27N. The van der Waals surface area contributed by atoms with Gasteiger partial charge in [0.1, 0.15) is 0 Å². The largest absolute Gasteiger partial charge is 0.320 e. The third-order valence-electron chi connectivity index (χ3n) is 4.38. The molecule has 0 heterocycles. The fraction of sp³-hybridized carbons (Fsp3) is 0.647. The third kappa shape index (κ3) is 3.84. The summed E-state index contributed by atoms with van der Waals surface area (Å²) >= 11 is 0. The zero-order chi connectivity index (χ0) is 12.8. The van der Waals surface area contributed by atoms with Crippen LogP contribution in [0.5, 0.6) is 0 Å². The van der Waals surface area contributed by atoms with E-state index in [-0.39, 0.29) is 0 Å². The third-order valence-corrected chi connectivity index (χ3v) is 4.38. The second-order valence-electron chi connectivity index (χ2n) is 5.89. The van der Waals surface area contributed by atoms with Crippen LogP contribution in [0.3, 0.4) is 0 Å². The zero-order valence-electron chi connectivity index (χ0n) is 11.9. The van der Waals surface area contributed by atoms with Crippen LogP contribution in [0.15, 0.2) is 24.3 Å². The van der Waals surface area contributed by atoms with E-state index in [1.165, 1.54) is 50.6 Å². The van der Waals surface area contributed by atoms with Gasteiger partial charge in [-0.15, -0.1) is 0 Å². The molecule has 1 aromatic rings. The van der Waals surface area contributed by atoms with Crippen LogP contribution in [0.2, 0.25) is 0 Å². The lowest BCUT2D eigenvalue weighted by Gasteiger charge is -2.12. The smallest absolute Gasteiger partial charge is 0.00519 e. The predicted octanol–water partition coefficient (Wildman–Crippen LogP) is 4.27. The summed E-state index contributed by atoms with van der Waals surface area (Å²) in [5.41, 5.74) is 2.94. The molecule has 100 valence electrons. The van der Waals surface area contributed by atoms with Gasteiger partial charge in [-0.2, -0.15) is 0 Å². The van der Waals surface area contributed by atoms with E-state index in [9.17, 15) is 0 Å². The molecule has 1 aromatic carbocycles. The van der Waals surface area contributed by atoms with Crippen molar-refractivity contribution in [2.45, 2.75) is 51.4 Å². The summed E-state index contributed by atoms with van der Waals surface area (Å²) in [5.74, 6) is 1.81. The maximum Gasteiger partial charge on any atom is -0.00519 e. The summed E-state index contributed by atoms with van der Waals surface area (Å²) in [5, 5.41) is 3.23. The Balaban J connectivity index is 1.76. The van der Waals surface area contributed by atoms with Crippen molar-refractivity contribution in [2.24, 2.45) is 5.92 Å². The molecule has 18 heavy (non-hydrogen) atoms. The van der Waals surface area contributed by atoms with Gasteiger partial charge in [0.15, 0.2) is 0 Å². The lowest BCUT2D eigenvalue weighted by Crippen LogP contribution is -2.07. The molecule has 2 rings (SSSR count). The molecule has 0 aliphatic heterocycles. The van der Waals surface area contributed by atoms with Crippen molar-refractivity contribution in [1.82, 2.24) is 5.32 Å². The van der Waals surface area contributed by atoms with Gasteiger partial charge in [-0.05, 0) is 63.6 Å². The molecular weight excluding hydrogens is 218 g/mol. The Hall–Kier alpha value is -0.820. The van der Waals surface area contributed by atoms with E-state index in [1.807, 2.05) is 7.05 Å². The van der Waals surface area contributed by atoms with E-state index in [0.717, 1.165) is 11.8 Å². The van der Waals surface area contributed by atoms with Crippen LogP contribution in [-0.4, -0.2) is 13.6 Å². The van der Waals surface area contributed by atoms with Crippen LogP contribution in [0.4, 0.5) is 0 Å². The molecule has 1 heteroatoms. The monoisotopic (exact) mass is 245 g/mol. The van der Waals surface area contributed by atoms with E-state index in [0.29, 0.717) is 0 Å². The lowest BCUT2D eigenvalue weighted by atomic mass is 9.94. The Morgan fingerprint density at radius 1 is 1.11 bits per heavy atom. The Kier molecular flexibility index (Phi) is 5.25. The molecule has 0 amide bonds. The SMILES string of the molecule is CNCCCCC1CCC(c2ccc(C)cc2)C1. The Morgan fingerprint density at radius 2 is 1.89 bits per heavy atom. The topological polar surface area (TPSA) is 12.0 Å². The molecule has 0 aromatic heterocycles. The summed E-state index contributed by atoms with van der Waals surface area (Å²) in [4.78, 5) is 0. The normalized spacial score (nSPS) is 23.4. The number of benzene rings is 1. The van der Waals surface area contributed by atoms with Gasteiger partial charge in [-0.25, -0.2) is 0 Å². The highest BCUT2D eigenvalue weighted by molar-refractivity contribution is 5.25. The highest BCUT2D eigenvalue weighted by atomic mass is 14.8. The van der Waals surface area contributed by atoms with Crippen molar-refractivity contribution in [1.29, 1.82) is 0 Å². The molecule has 0 radical (unpaired) electrons. The highest BCUT2D eigenvalue weighted by Crippen LogP contribution is 2.40. The van der Waals surface area contributed by atoms with Crippen molar-refractivity contribution in [3.8, 4) is 0 Å².